The van der Waals surface area contributed by atoms with E-state index in [4.69, 9.17) is 0 Å². The molecule has 0 fully saturated rings. The summed E-state index contributed by atoms with van der Waals surface area (Å²) in [7, 11) is 0. The fraction of sp³-hybridized carbons (Fsp3) is 0.353. The topological polar surface area (TPSA) is 28.2 Å². The number of nitrogens with zero attached hydrogens (tertiary/aromatic N) is 2. The van der Waals surface area contributed by atoms with Crippen molar-refractivity contribution in [3.05, 3.63) is 48.3 Å². The van der Waals surface area contributed by atoms with Crippen LogP contribution in [0, 0.1) is 5.82 Å². The maximum absolute atomic E-state index is 13.1. The number of hydrogen-bond acceptors (Lipinski definition) is 3. The summed E-state index contributed by atoms with van der Waals surface area (Å²) >= 11 is 0. The third-order valence-corrected chi connectivity index (χ3v) is 2.97. The molecule has 0 atom stereocenters. The third kappa shape index (κ3) is 4.18. The third-order valence-electron chi connectivity index (χ3n) is 2.97. The monoisotopic (exact) mass is 287 g/mol. The maximum atomic E-state index is 13.1. The molecule has 1 aromatic heterocycles. The number of hydrogen-bond donors (Lipinski definition) is 1. The minimum Gasteiger partial charge on any atom is -0.365 e. The molecule has 1 aromatic carbocycles. The number of pyridine rings is 1. The fourth-order valence-electron chi connectivity index (χ4n) is 2.13. The fourth-order valence-corrected chi connectivity index (χ4v) is 2.13. The molecule has 0 aliphatic carbocycles. The Morgan fingerprint density at radius 3 is 2.33 bits per heavy atom. The van der Waals surface area contributed by atoms with E-state index >= 15 is 0 Å². The summed E-state index contributed by atoms with van der Waals surface area (Å²) in [6, 6.07) is 12.4. The highest BCUT2D eigenvalue weighted by atomic mass is 19.1. The van der Waals surface area contributed by atoms with Gasteiger partial charge in [0.2, 0.25) is 0 Å². The van der Waals surface area contributed by atoms with Gasteiger partial charge in [0.25, 0.3) is 0 Å². The van der Waals surface area contributed by atoms with Gasteiger partial charge in [0.05, 0.1) is 0 Å². The minimum absolute atomic E-state index is 0.0431. The molecular weight excluding hydrogens is 265 g/mol. The van der Waals surface area contributed by atoms with Gasteiger partial charge in [-0.05, 0) is 64.1 Å². The Labute approximate surface area is 125 Å². The zero-order chi connectivity index (χ0) is 15.5. The molecule has 0 saturated carbocycles. The lowest BCUT2D eigenvalue weighted by atomic mass is 10.1. The number of anilines is 3. The van der Waals surface area contributed by atoms with E-state index in [0.717, 1.165) is 23.9 Å². The summed E-state index contributed by atoms with van der Waals surface area (Å²) in [6.07, 6.45) is 0. The summed E-state index contributed by atoms with van der Waals surface area (Å²) in [6.45, 7) is 9.10. The van der Waals surface area contributed by atoms with Gasteiger partial charge in [-0.1, -0.05) is 6.07 Å². The molecule has 2 rings (SSSR count). The molecule has 2 aromatic rings. The average molecular weight is 287 g/mol. The number of nitrogens with one attached hydrogen (secondary N) is 1. The highest BCUT2D eigenvalue weighted by molar-refractivity contribution is 5.61. The Morgan fingerprint density at radius 1 is 1.10 bits per heavy atom. The maximum Gasteiger partial charge on any atom is 0.135 e. The van der Waals surface area contributed by atoms with Crippen LogP contribution in [0.4, 0.5) is 21.7 Å². The first-order valence-electron chi connectivity index (χ1n) is 7.17. The molecule has 0 aliphatic rings. The zero-order valence-electron chi connectivity index (χ0n) is 13.0. The van der Waals surface area contributed by atoms with Gasteiger partial charge in [0.1, 0.15) is 17.5 Å². The van der Waals surface area contributed by atoms with Crippen molar-refractivity contribution >= 4 is 17.3 Å². The predicted molar refractivity (Wildman–Crippen MR) is 86.7 cm³/mol. The van der Waals surface area contributed by atoms with Crippen LogP contribution in [0.1, 0.15) is 27.7 Å². The van der Waals surface area contributed by atoms with E-state index in [9.17, 15) is 4.39 Å². The van der Waals surface area contributed by atoms with E-state index in [1.807, 2.05) is 23.1 Å². The predicted octanol–water partition coefficient (Wildman–Crippen LogP) is 4.59. The van der Waals surface area contributed by atoms with Gasteiger partial charge in [-0.2, -0.15) is 0 Å². The lowest BCUT2D eigenvalue weighted by Crippen LogP contribution is -2.27. The van der Waals surface area contributed by atoms with Crippen LogP contribution >= 0.6 is 0 Å². The summed E-state index contributed by atoms with van der Waals surface area (Å²) in [4.78, 5) is 6.70. The second-order valence-electron chi connectivity index (χ2n) is 5.98. The van der Waals surface area contributed by atoms with Gasteiger partial charge >= 0.3 is 0 Å². The van der Waals surface area contributed by atoms with Gasteiger partial charge in [-0.25, -0.2) is 9.37 Å². The molecular formula is C17H22FN3. The van der Waals surface area contributed by atoms with E-state index < -0.39 is 0 Å². The lowest BCUT2D eigenvalue weighted by Gasteiger charge is -2.25. The standard InChI is InChI=1S/C17H22FN3/c1-5-21(14-11-9-13(18)10-12-14)16-8-6-7-15(19-16)20-17(2,3)4/h6-12H,5H2,1-4H3,(H,19,20). The molecule has 21 heavy (non-hydrogen) atoms. The first-order chi connectivity index (χ1) is 9.89. The Kier molecular flexibility index (Phi) is 4.46. The molecule has 1 N–H and O–H groups in total. The minimum atomic E-state index is -0.231. The van der Waals surface area contributed by atoms with Crippen molar-refractivity contribution in [3.8, 4) is 0 Å². The van der Waals surface area contributed by atoms with Crippen LogP contribution in [-0.2, 0) is 0 Å². The number of benzene rings is 1. The van der Waals surface area contributed by atoms with Crippen LogP contribution in [0.3, 0.4) is 0 Å². The molecule has 0 radical (unpaired) electrons. The molecule has 4 heteroatoms. The van der Waals surface area contributed by atoms with Gasteiger partial charge in [-0.3, -0.25) is 0 Å². The smallest absolute Gasteiger partial charge is 0.135 e. The van der Waals surface area contributed by atoms with E-state index in [1.165, 1.54) is 12.1 Å². The molecule has 0 amide bonds. The van der Waals surface area contributed by atoms with Gasteiger partial charge in [0.15, 0.2) is 0 Å². The molecule has 3 nitrogen and oxygen atoms in total. The normalized spacial score (nSPS) is 11.3. The highest BCUT2D eigenvalue weighted by Gasteiger charge is 2.13. The Hall–Kier alpha value is -2.10. The largest absolute Gasteiger partial charge is 0.365 e. The van der Waals surface area contributed by atoms with Crippen molar-refractivity contribution in [1.29, 1.82) is 0 Å². The summed E-state index contributed by atoms with van der Waals surface area (Å²) in [5.41, 5.74) is 0.887. The number of halogens is 1. The van der Waals surface area contributed by atoms with Gasteiger partial charge in [0, 0.05) is 17.8 Å². The van der Waals surface area contributed by atoms with Gasteiger partial charge in [-0.15, -0.1) is 0 Å². The summed E-state index contributed by atoms with van der Waals surface area (Å²) in [5.74, 6) is 1.45. The molecule has 0 bridgehead atoms. The van der Waals surface area contributed by atoms with Crippen molar-refractivity contribution in [2.75, 3.05) is 16.8 Å². The SMILES string of the molecule is CCN(c1ccc(F)cc1)c1cccc(NC(C)(C)C)n1. The summed E-state index contributed by atoms with van der Waals surface area (Å²) in [5, 5.41) is 3.36. The number of rotatable bonds is 4. The highest BCUT2D eigenvalue weighted by Crippen LogP contribution is 2.25. The van der Waals surface area contributed by atoms with E-state index in [0.29, 0.717) is 0 Å². The van der Waals surface area contributed by atoms with Crippen LogP contribution in [0.25, 0.3) is 0 Å². The molecule has 0 saturated heterocycles. The van der Waals surface area contributed by atoms with E-state index in [1.54, 1.807) is 12.1 Å². The second-order valence-corrected chi connectivity index (χ2v) is 5.98. The van der Waals surface area contributed by atoms with Crippen molar-refractivity contribution < 1.29 is 4.39 Å². The van der Waals surface area contributed by atoms with Crippen LogP contribution in [-0.4, -0.2) is 17.1 Å². The molecule has 112 valence electrons. The van der Waals surface area contributed by atoms with Crippen molar-refractivity contribution in [1.82, 2.24) is 4.98 Å². The Bertz CT molecular complexity index is 588. The first-order valence-corrected chi connectivity index (χ1v) is 7.17. The van der Waals surface area contributed by atoms with E-state index in [2.05, 4.69) is 38.0 Å². The van der Waals surface area contributed by atoms with Crippen LogP contribution in [0.2, 0.25) is 0 Å². The quantitative estimate of drug-likeness (QED) is 0.891. The Morgan fingerprint density at radius 2 is 1.76 bits per heavy atom. The zero-order valence-corrected chi connectivity index (χ0v) is 13.0. The molecule has 0 unspecified atom stereocenters. The number of aromatic nitrogens is 1. The van der Waals surface area contributed by atoms with Crippen LogP contribution < -0.4 is 10.2 Å². The van der Waals surface area contributed by atoms with Crippen LogP contribution in [0.15, 0.2) is 42.5 Å². The Balaban J connectivity index is 2.30. The molecule has 0 spiro atoms. The van der Waals surface area contributed by atoms with Crippen molar-refractivity contribution in [2.45, 2.75) is 33.2 Å². The van der Waals surface area contributed by atoms with E-state index in [-0.39, 0.29) is 11.4 Å². The molecule has 0 aliphatic heterocycles. The second kappa shape index (κ2) is 6.12. The summed E-state index contributed by atoms with van der Waals surface area (Å²) < 4.78 is 13.1. The van der Waals surface area contributed by atoms with Crippen molar-refractivity contribution in [2.24, 2.45) is 0 Å². The lowest BCUT2D eigenvalue weighted by molar-refractivity contribution is 0.627. The van der Waals surface area contributed by atoms with Crippen molar-refractivity contribution in [3.63, 3.8) is 0 Å². The van der Waals surface area contributed by atoms with Crippen LogP contribution in [0.5, 0.6) is 0 Å². The average Bonchev–Trinajstić information content (AvgIpc) is 2.40. The first kappa shape index (κ1) is 15.3. The molecule has 1 heterocycles. The van der Waals surface area contributed by atoms with Gasteiger partial charge < -0.3 is 10.2 Å².